The van der Waals surface area contributed by atoms with E-state index in [1.54, 1.807) is 35.4 Å². The van der Waals surface area contributed by atoms with E-state index in [-0.39, 0.29) is 30.8 Å². The average Bonchev–Trinajstić information content (AvgIpc) is 2.82. The van der Waals surface area contributed by atoms with Crippen molar-refractivity contribution in [3.05, 3.63) is 47.7 Å². The third-order valence-corrected chi connectivity index (χ3v) is 5.65. The van der Waals surface area contributed by atoms with Crippen molar-refractivity contribution in [2.24, 2.45) is 5.92 Å². The molecule has 2 aliphatic rings. The number of Topliss-reactive ketones (excluding diaryl/α,β-unsaturated/α-hetero) is 1. The van der Waals surface area contributed by atoms with Gasteiger partial charge >= 0.3 is 0 Å². The van der Waals surface area contributed by atoms with Gasteiger partial charge in [0, 0.05) is 37.1 Å². The van der Waals surface area contributed by atoms with E-state index in [2.05, 4.69) is 4.98 Å². The van der Waals surface area contributed by atoms with Gasteiger partial charge in [0.15, 0.2) is 12.4 Å². The highest BCUT2D eigenvalue weighted by molar-refractivity contribution is 6.22. The molecule has 160 valence electrons. The van der Waals surface area contributed by atoms with Gasteiger partial charge in [0.05, 0.1) is 12.8 Å². The van der Waals surface area contributed by atoms with Gasteiger partial charge in [-0.05, 0) is 43.0 Å². The number of aromatic nitrogens is 1. The summed E-state index contributed by atoms with van der Waals surface area (Å²) in [5.74, 6) is -0.400. The molecule has 1 unspecified atom stereocenters. The molecule has 0 bridgehead atoms. The summed E-state index contributed by atoms with van der Waals surface area (Å²) in [5.41, 5.74) is 1.81. The van der Waals surface area contributed by atoms with Gasteiger partial charge in [0.2, 0.25) is 11.8 Å². The second-order valence-corrected chi connectivity index (χ2v) is 7.51. The fraction of sp³-hybridized carbons (Fsp3) is 0.391. The minimum absolute atomic E-state index is 0.0320. The van der Waals surface area contributed by atoms with E-state index >= 15 is 0 Å². The summed E-state index contributed by atoms with van der Waals surface area (Å²) < 4.78 is 16.0. The number of amides is 1. The van der Waals surface area contributed by atoms with Crippen molar-refractivity contribution >= 4 is 17.4 Å². The number of carbonyl (C=O) groups is 2. The van der Waals surface area contributed by atoms with Gasteiger partial charge in [0.25, 0.3) is 0 Å². The van der Waals surface area contributed by atoms with Crippen LogP contribution in [0.4, 0.5) is 5.69 Å². The normalized spacial score (nSPS) is 19.0. The Kier molecular flexibility index (Phi) is 6.14. The number of nitriles is 1. The summed E-state index contributed by atoms with van der Waals surface area (Å²) in [4.78, 5) is 32.8. The van der Waals surface area contributed by atoms with Crippen LogP contribution in [0.5, 0.6) is 11.6 Å². The number of methoxy groups -OCH3 is 1. The van der Waals surface area contributed by atoms with E-state index in [0.717, 1.165) is 5.56 Å². The third kappa shape index (κ3) is 4.23. The molecule has 3 heterocycles. The van der Waals surface area contributed by atoms with E-state index in [4.69, 9.17) is 19.5 Å². The highest BCUT2D eigenvalue weighted by Gasteiger charge is 2.42. The van der Waals surface area contributed by atoms with Crippen molar-refractivity contribution < 1.29 is 23.8 Å². The standard InChI is InChI=1S/C23H23N3O5/c1-29-21-5-2-15(14-25-21)12-19-22(27)18-13-17(31-11-8-24)3-4-20(18)26(23(19)28)16-6-9-30-10-7-16/h2-5,13-14,16,19H,6-7,9-12H2,1H3. The molecule has 1 fully saturated rings. The molecule has 31 heavy (non-hydrogen) atoms. The number of carbonyl (C=O) groups excluding carboxylic acids is 2. The largest absolute Gasteiger partial charge is 0.481 e. The van der Waals surface area contributed by atoms with Crippen LogP contribution in [0.25, 0.3) is 0 Å². The monoisotopic (exact) mass is 421 g/mol. The van der Waals surface area contributed by atoms with E-state index in [1.165, 1.54) is 7.11 Å². The Morgan fingerprint density at radius 1 is 1.23 bits per heavy atom. The molecule has 2 aromatic rings. The highest BCUT2D eigenvalue weighted by atomic mass is 16.5. The number of ether oxygens (including phenoxy) is 3. The summed E-state index contributed by atoms with van der Waals surface area (Å²) in [5, 5.41) is 8.79. The lowest BCUT2D eigenvalue weighted by molar-refractivity contribution is -0.122. The molecule has 1 aromatic heterocycles. The summed E-state index contributed by atoms with van der Waals surface area (Å²) in [6.07, 6.45) is 3.29. The van der Waals surface area contributed by atoms with Crippen molar-refractivity contribution in [2.45, 2.75) is 25.3 Å². The van der Waals surface area contributed by atoms with Gasteiger partial charge in [-0.15, -0.1) is 0 Å². The number of nitrogens with zero attached hydrogens (tertiary/aromatic N) is 3. The Labute approximate surface area is 180 Å². The van der Waals surface area contributed by atoms with Crippen molar-refractivity contribution in [1.29, 1.82) is 5.26 Å². The molecule has 4 rings (SSSR count). The molecular weight excluding hydrogens is 398 g/mol. The lowest BCUT2D eigenvalue weighted by Crippen LogP contribution is -2.52. The SMILES string of the molecule is COc1ccc(CC2C(=O)c3cc(OCC#N)ccc3N(C3CCOCC3)C2=O)cn1. The topological polar surface area (TPSA) is 102 Å². The first kappa shape index (κ1) is 20.8. The Morgan fingerprint density at radius 3 is 2.71 bits per heavy atom. The number of hydrogen-bond donors (Lipinski definition) is 0. The zero-order chi connectivity index (χ0) is 21.8. The zero-order valence-corrected chi connectivity index (χ0v) is 17.2. The van der Waals surface area contributed by atoms with Crippen LogP contribution in [0, 0.1) is 17.2 Å². The number of anilines is 1. The van der Waals surface area contributed by atoms with Gasteiger partial charge in [0.1, 0.15) is 17.7 Å². The Bertz CT molecular complexity index is 1010. The van der Waals surface area contributed by atoms with Crippen molar-refractivity contribution in [3.63, 3.8) is 0 Å². The van der Waals surface area contributed by atoms with E-state index in [0.29, 0.717) is 48.9 Å². The first-order valence-corrected chi connectivity index (χ1v) is 10.2. The molecule has 0 saturated carbocycles. The molecule has 8 heteroatoms. The minimum atomic E-state index is -0.850. The van der Waals surface area contributed by atoms with Gasteiger partial charge in [-0.1, -0.05) is 6.07 Å². The van der Waals surface area contributed by atoms with Crippen LogP contribution in [-0.2, 0) is 16.0 Å². The third-order valence-electron chi connectivity index (χ3n) is 5.65. The van der Waals surface area contributed by atoms with Crippen LogP contribution < -0.4 is 14.4 Å². The van der Waals surface area contributed by atoms with Crippen LogP contribution in [0.1, 0.15) is 28.8 Å². The molecule has 2 aliphatic heterocycles. The number of pyridine rings is 1. The van der Waals surface area contributed by atoms with Gasteiger partial charge in [-0.3, -0.25) is 9.59 Å². The number of benzene rings is 1. The average molecular weight is 421 g/mol. The van der Waals surface area contributed by atoms with Crippen LogP contribution in [-0.4, -0.2) is 49.6 Å². The predicted molar refractivity (Wildman–Crippen MR) is 111 cm³/mol. The molecule has 1 amide bonds. The van der Waals surface area contributed by atoms with E-state index < -0.39 is 5.92 Å². The molecule has 0 radical (unpaired) electrons. The summed E-state index contributed by atoms with van der Waals surface area (Å²) in [7, 11) is 1.53. The van der Waals surface area contributed by atoms with Crippen LogP contribution in [0.2, 0.25) is 0 Å². The van der Waals surface area contributed by atoms with Crippen molar-refractivity contribution in [3.8, 4) is 17.7 Å². The second-order valence-electron chi connectivity index (χ2n) is 7.51. The Hall–Kier alpha value is -3.44. The van der Waals surface area contributed by atoms with E-state index in [1.807, 2.05) is 12.1 Å². The molecule has 1 atom stereocenters. The minimum Gasteiger partial charge on any atom is -0.481 e. The molecule has 0 N–H and O–H groups in total. The first-order chi connectivity index (χ1) is 15.1. The quantitative estimate of drug-likeness (QED) is 0.661. The molecule has 8 nitrogen and oxygen atoms in total. The summed E-state index contributed by atoms with van der Waals surface area (Å²) in [6.45, 7) is 1.04. The fourth-order valence-electron chi connectivity index (χ4n) is 4.10. The van der Waals surface area contributed by atoms with Gasteiger partial charge < -0.3 is 19.1 Å². The Balaban J connectivity index is 1.70. The van der Waals surface area contributed by atoms with Crippen LogP contribution in [0.3, 0.4) is 0 Å². The number of ketones is 1. The Morgan fingerprint density at radius 2 is 2.03 bits per heavy atom. The molecule has 1 aromatic carbocycles. The molecular formula is C23H23N3O5. The van der Waals surface area contributed by atoms with Gasteiger partial charge in [-0.25, -0.2) is 4.98 Å². The van der Waals surface area contributed by atoms with Crippen LogP contribution >= 0.6 is 0 Å². The first-order valence-electron chi connectivity index (χ1n) is 10.2. The van der Waals surface area contributed by atoms with Crippen molar-refractivity contribution in [2.75, 3.05) is 31.8 Å². The second kappa shape index (κ2) is 9.14. The predicted octanol–water partition coefficient (Wildman–Crippen LogP) is 2.56. The summed E-state index contributed by atoms with van der Waals surface area (Å²) in [6, 6.07) is 10.5. The van der Waals surface area contributed by atoms with Gasteiger partial charge in [-0.2, -0.15) is 5.26 Å². The lowest BCUT2D eigenvalue weighted by atomic mass is 9.84. The molecule has 1 saturated heterocycles. The van der Waals surface area contributed by atoms with Crippen molar-refractivity contribution in [1.82, 2.24) is 4.98 Å². The zero-order valence-electron chi connectivity index (χ0n) is 17.2. The smallest absolute Gasteiger partial charge is 0.238 e. The summed E-state index contributed by atoms with van der Waals surface area (Å²) >= 11 is 0. The fourth-order valence-corrected chi connectivity index (χ4v) is 4.10. The number of rotatable bonds is 6. The lowest BCUT2D eigenvalue weighted by Gasteiger charge is -2.40. The maximum atomic E-state index is 13.5. The molecule has 0 aliphatic carbocycles. The molecule has 0 spiro atoms. The number of hydrogen-bond acceptors (Lipinski definition) is 7. The maximum absolute atomic E-state index is 13.5. The van der Waals surface area contributed by atoms with Crippen LogP contribution in [0.15, 0.2) is 36.5 Å². The maximum Gasteiger partial charge on any atom is 0.238 e. The number of fused-ring (bicyclic) bond motifs is 1. The highest BCUT2D eigenvalue weighted by Crippen LogP contribution is 2.37. The van der Waals surface area contributed by atoms with E-state index in [9.17, 15) is 9.59 Å².